The summed E-state index contributed by atoms with van der Waals surface area (Å²) in [6, 6.07) is 0. The minimum atomic E-state index is 0.253. The second-order valence-corrected chi connectivity index (χ2v) is 2.11. The van der Waals surface area contributed by atoms with Gasteiger partial charge in [-0.1, -0.05) is 0 Å². The summed E-state index contributed by atoms with van der Waals surface area (Å²) < 4.78 is 5.31. The van der Waals surface area contributed by atoms with Gasteiger partial charge in [0.15, 0.2) is 0 Å². The number of rotatable bonds is 1. The highest BCUT2D eigenvalue weighted by atomic mass is 16.5. The summed E-state index contributed by atoms with van der Waals surface area (Å²) in [5.74, 6) is 2.57. The number of hydrogen-bond acceptors (Lipinski definition) is 2. The molecule has 0 aromatic heterocycles. The molecule has 0 aliphatic carbocycles. The monoisotopic (exact) mass is 125 g/mol. The highest BCUT2D eigenvalue weighted by Gasteiger charge is 2.10. The molecule has 1 atom stereocenters. The van der Waals surface area contributed by atoms with E-state index < -0.39 is 0 Å². The van der Waals surface area contributed by atoms with Crippen LogP contribution in [0.4, 0.5) is 0 Å². The van der Waals surface area contributed by atoms with Gasteiger partial charge in [-0.25, -0.2) is 0 Å². The molecule has 9 heavy (non-hydrogen) atoms. The Morgan fingerprint density at radius 2 is 2.67 bits per heavy atom. The van der Waals surface area contributed by atoms with Gasteiger partial charge < -0.3 is 10.1 Å². The third-order valence-electron chi connectivity index (χ3n) is 1.35. The van der Waals surface area contributed by atoms with E-state index in [1.165, 1.54) is 0 Å². The van der Waals surface area contributed by atoms with Crippen molar-refractivity contribution < 1.29 is 4.74 Å². The highest BCUT2D eigenvalue weighted by Crippen LogP contribution is 1.98. The Balaban J connectivity index is 2.17. The molecule has 0 amide bonds. The predicted octanol–water partition coefficient (Wildman–Crippen LogP) is -0.00190. The van der Waals surface area contributed by atoms with Crippen molar-refractivity contribution in [3.05, 3.63) is 0 Å². The van der Waals surface area contributed by atoms with Gasteiger partial charge in [-0.3, -0.25) is 0 Å². The van der Waals surface area contributed by atoms with E-state index in [9.17, 15) is 0 Å². The summed E-state index contributed by atoms with van der Waals surface area (Å²) in [4.78, 5) is 0. The van der Waals surface area contributed by atoms with Gasteiger partial charge in [-0.2, -0.15) is 0 Å². The lowest BCUT2D eigenvalue weighted by molar-refractivity contribution is 0.0322. The van der Waals surface area contributed by atoms with Crippen molar-refractivity contribution >= 4 is 0 Å². The molecule has 1 aliphatic heterocycles. The van der Waals surface area contributed by atoms with Crippen molar-refractivity contribution in [2.75, 3.05) is 19.7 Å². The molecule has 0 bridgehead atoms. The highest BCUT2D eigenvalue weighted by molar-refractivity contribution is 4.88. The van der Waals surface area contributed by atoms with Crippen LogP contribution >= 0.6 is 0 Å². The molecule has 0 spiro atoms. The smallest absolute Gasteiger partial charge is 0.0808 e. The van der Waals surface area contributed by atoms with Gasteiger partial charge in [0.25, 0.3) is 0 Å². The molecule has 1 unspecified atom stereocenters. The lowest BCUT2D eigenvalue weighted by atomic mass is 10.2. The number of nitrogens with one attached hydrogen (secondary N) is 1. The fourth-order valence-corrected chi connectivity index (χ4v) is 0.882. The lowest BCUT2D eigenvalue weighted by Crippen LogP contribution is -2.38. The van der Waals surface area contributed by atoms with Gasteiger partial charge in [0.1, 0.15) is 0 Å². The Hall–Kier alpha value is -0.520. The van der Waals surface area contributed by atoms with E-state index >= 15 is 0 Å². The molecular formula is C7H11NO. The molecule has 1 saturated heterocycles. The number of terminal acetylenes is 1. The Bertz CT molecular complexity index is 111. The average Bonchev–Trinajstić information content (AvgIpc) is 1.91. The molecule has 0 aromatic rings. The van der Waals surface area contributed by atoms with Crippen LogP contribution in [0.3, 0.4) is 0 Å². The summed E-state index contributed by atoms with van der Waals surface area (Å²) in [5, 5.41) is 3.20. The molecule has 0 aromatic carbocycles. The van der Waals surface area contributed by atoms with E-state index in [4.69, 9.17) is 11.2 Å². The van der Waals surface area contributed by atoms with Crippen LogP contribution in [-0.4, -0.2) is 25.8 Å². The van der Waals surface area contributed by atoms with E-state index in [2.05, 4.69) is 11.2 Å². The summed E-state index contributed by atoms with van der Waals surface area (Å²) >= 11 is 0. The van der Waals surface area contributed by atoms with E-state index in [-0.39, 0.29) is 6.10 Å². The first-order valence-electron chi connectivity index (χ1n) is 3.19. The van der Waals surface area contributed by atoms with Gasteiger partial charge in [0.05, 0.1) is 12.7 Å². The molecular weight excluding hydrogens is 114 g/mol. The quantitative estimate of drug-likeness (QED) is 0.498. The molecule has 0 radical (unpaired) electrons. The SMILES string of the molecule is C#CCC1CNCCO1. The van der Waals surface area contributed by atoms with Crippen LogP contribution in [0.15, 0.2) is 0 Å². The van der Waals surface area contributed by atoms with Gasteiger partial charge in [0, 0.05) is 19.5 Å². The fraction of sp³-hybridized carbons (Fsp3) is 0.714. The maximum absolute atomic E-state index is 5.31. The third-order valence-corrected chi connectivity index (χ3v) is 1.35. The summed E-state index contributed by atoms with van der Waals surface area (Å²) in [5.41, 5.74) is 0. The average molecular weight is 125 g/mol. The Labute approximate surface area is 55.6 Å². The van der Waals surface area contributed by atoms with E-state index in [0.29, 0.717) is 0 Å². The standard InChI is InChI=1S/C7H11NO/c1-2-3-7-6-8-4-5-9-7/h1,7-8H,3-6H2. The Morgan fingerprint density at radius 1 is 1.78 bits per heavy atom. The van der Waals surface area contributed by atoms with Crippen molar-refractivity contribution in [1.29, 1.82) is 0 Å². The zero-order valence-corrected chi connectivity index (χ0v) is 5.39. The van der Waals surface area contributed by atoms with Crippen molar-refractivity contribution in [1.82, 2.24) is 5.32 Å². The van der Waals surface area contributed by atoms with Crippen LogP contribution in [0.25, 0.3) is 0 Å². The topological polar surface area (TPSA) is 21.3 Å². The second-order valence-electron chi connectivity index (χ2n) is 2.11. The number of hydrogen-bond donors (Lipinski definition) is 1. The normalized spacial score (nSPS) is 27.2. The van der Waals surface area contributed by atoms with E-state index in [0.717, 1.165) is 26.1 Å². The maximum atomic E-state index is 5.31. The molecule has 2 heteroatoms. The Kier molecular flexibility index (Phi) is 2.56. The van der Waals surface area contributed by atoms with E-state index in [1.807, 2.05) is 0 Å². The third kappa shape index (κ3) is 2.05. The molecule has 1 fully saturated rings. The number of morpholine rings is 1. The number of ether oxygens (including phenoxy) is 1. The first-order valence-corrected chi connectivity index (χ1v) is 3.19. The zero-order valence-electron chi connectivity index (χ0n) is 5.39. The largest absolute Gasteiger partial charge is 0.375 e. The van der Waals surface area contributed by atoms with Gasteiger partial charge in [-0.15, -0.1) is 12.3 Å². The van der Waals surface area contributed by atoms with Crippen molar-refractivity contribution in [3.8, 4) is 12.3 Å². The first kappa shape index (κ1) is 6.60. The molecule has 1 aliphatic rings. The van der Waals surface area contributed by atoms with Crippen LogP contribution in [0, 0.1) is 12.3 Å². The maximum Gasteiger partial charge on any atom is 0.0808 e. The molecule has 1 rings (SSSR count). The summed E-state index contributed by atoms with van der Waals surface area (Å²) in [6.07, 6.45) is 6.08. The van der Waals surface area contributed by atoms with Gasteiger partial charge in [-0.05, 0) is 0 Å². The van der Waals surface area contributed by atoms with Crippen molar-refractivity contribution in [2.24, 2.45) is 0 Å². The fourth-order valence-electron chi connectivity index (χ4n) is 0.882. The lowest BCUT2D eigenvalue weighted by Gasteiger charge is -2.21. The summed E-state index contributed by atoms with van der Waals surface area (Å²) in [6.45, 7) is 2.66. The van der Waals surface area contributed by atoms with Crippen LogP contribution in [0.5, 0.6) is 0 Å². The molecule has 1 heterocycles. The Morgan fingerprint density at radius 3 is 3.22 bits per heavy atom. The van der Waals surface area contributed by atoms with Crippen LogP contribution in [0.1, 0.15) is 6.42 Å². The van der Waals surface area contributed by atoms with Crippen LogP contribution in [0.2, 0.25) is 0 Å². The minimum Gasteiger partial charge on any atom is -0.375 e. The van der Waals surface area contributed by atoms with E-state index in [1.54, 1.807) is 0 Å². The first-order chi connectivity index (χ1) is 4.43. The molecule has 2 nitrogen and oxygen atoms in total. The summed E-state index contributed by atoms with van der Waals surface area (Å²) in [7, 11) is 0. The van der Waals surface area contributed by atoms with Crippen LogP contribution < -0.4 is 5.32 Å². The van der Waals surface area contributed by atoms with Crippen LogP contribution in [-0.2, 0) is 4.74 Å². The van der Waals surface area contributed by atoms with Gasteiger partial charge >= 0.3 is 0 Å². The second kappa shape index (κ2) is 3.49. The minimum absolute atomic E-state index is 0.253. The molecule has 1 N–H and O–H groups in total. The van der Waals surface area contributed by atoms with Crippen molar-refractivity contribution in [3.63, 3.8) is 0 Å². The zero-order chi connectivity index (χ0) is 6.53. The molecule has 0 saturated carbocycles. The van der Waals surface area contributed by atoms with Crippen molar-refractivity contribution in [2.45, 2.75) is 12.5 Å². The molecule has 50 valence electrons. The van der Waals surface area contributed by atoms with Gasteiger partial charge in [0.2, 0.25) is 0 Å². The predicted molar refractivity (Wildman–Crippen MR) is 36.1 cm³/mol.